The lowest BCUT2D eigenvalue weighted by Gasteiger charge is -2.32. The van der Waals surface area contributed by atoms with E-state index in [4.69, 9.17) is 11.6 Å². The number of carbonyl (C=O) groups is 1. The summed E-state index contributed by atoms with van der Waals surface area (Å²) >= 11 is 6.08. The number of rotatable bonds is 5. The van der Waals surface area contributed by atoms with Gasteiger partial charge in [-0.1, -0.05) is 41.9 Å². The molecule has 1 fully saturated rings. The molecule has 0 unspecified atom stereocenters. The summed E-state index contributed by atoms with van der Waals surface area (Å²) in [6, 6.07) is 15.5. The first-order valence-electron chi connectivity index (χ1n) is 8.83. The minimum absolute atomic E-state index is 0.170. The molecule has 1 amide bonds. The van der Waals surface area contributed by atoms with E-state index in [0.29, 0.717) is 5.02 Å². The van der Waals surface area contributed by atoms with Gasteiger partial charge in [0, 0.05) is 49.5 Å². The number of nitrogens with one attached hydrogen (secondary N) is 1. The van der Waals surface area contributed by atoms with Gasteiger partial charge in [-0.3, -0.25) is 9.69 Å². The first-order valence-corrected chi connectivity index (χ1v) is 9.21. The second-order valence-electron chi connectivity index (χ2n) is 6.62. The smallest absolute Gasteiger partial charge is 0.248 e. The van der Waals surface area contributed by atoms with E-state index in [-0.39, 0.29) is 5.91 Å². The molecule has 5 heteroatoms. The zero-order valence-electron chi connectivity index (χ0n) is 15.0. The summed E-state index contributed by atoms with van der Waals surface area (Å²) < 4.78 is 0. The number of hydrogen-bond acceptors (Lipinski definition) is 3. The first kappa shape index (κ1) is 18.6. The minimum Gasteiger partial charge on any atom is -0.323 e. The van der Waals surface area contributed by atoms with Crippen LogP contribution in [-0.4, -0.2) is 48.9 Å². The maximum Gasteiger partial charge on any atom is 0.248 e. The van der Waals surface area contributed by atoms with E-state index in [1.54, 1.807) is 12.1 Å². The third-order valence-corrected chi connectivity index (χ3v) is 4.89. The first-order chi connectivity index (χ1) is 12.6. The van der Waals surface area contributed by atoms with E-state index in [9.17, 15) is 4.79 Å². The molecule has 0 aromatic heterocycles. The fraction of sp³-hybridized carbons (Fsp3) is 0.286. The van der Waals surface area contributed by atoms with Gasteiger partial charge >= 0.3 is 0 Å². The zero-order valence-corrected chi connectivity index (χ0v) is 15.7. The van der Waals surface area contributed by atoms with Crippen molar-refractivity contribution in [2.45, 2.75) is 6.54 Å². The van der Waals surface area contributed by atoms with Crippen molar-refractivity contribution < 1.29 is 4.79 Å². The fourth-order valence-corrected chi connectivity index (χ4v) is 3.12. The molecule has 1 aliphatic heterocycles. The molecular formula is C21H24ClN3O. The number of hydrogen-bond donors (Lipinski definition) is 1. The van der Waals surface area contributed by atoms with Gasteiger partial charge in [0.05, 0.1) is 0 Å². The van der Waals surface area contributed by atoms with Crippen LogP contribution >= 0.6 is 11.6 Å². The van der Waals surface area contributed by atoms with Crippen LogP contribution in [0.25, 0.3) is 6.08 Å². The molecule has 0 radical (unpaired) electrons. The molecule has 2 aromatic carbocycles. The largest absolute Gasteiger partial charge is 0.323 e. The van der Waals surface area contributed by atoms with Gasteiger partial charge in [-0.25, -0.2) is 0 Å². The van der Waals surface area contributed by atoms with Crippen LogP contribution < -0.4 is 5.32 Å². The number of piperazine rings is 1. The van der Waals surface area contributed by atoms with Gasteiger partial charge in [-0.15, -0.1) is 0 Å². The molecular weight excluding hydrogens is 346 g/mol. The van der Waals surface area contributed by atoms with E-state index in [0.717, 1.165) is 44.0 Å². The molecule has 0 saturated carbocycles. The molecule has 3 rings (SSSR count). The van der Waals surface area contributed by atoms with E-state index in [1.165, 1.54) is 11.6 Å². The molecule has 0 bridgehead atoms. The van der Waals surface area contributed by atoms with Gasteiger partial charge < -0.3 is 10.2 Å². The number of benzene rings is 2. The molecule has 1 N–H and O–H groups in total. The SMILES string of the molecule is CN1CCN(Cc2ccc(NC(=O)/C=C/c3ccccc3Cl)cc2)CC1. The van der Waals surface area contributed by atoms with Crippen molar-refractivity contribution >= 4 is 29.3 Å². The Bertz CT molecular complexity index is 765. The van der Waals surface area contributed by atoms with Crippen LogP contribution in [0.4, 0.5) is 5.69 Å². The number of halogens is 1. The average Bonchev–Trinajstić information content (AvgIpc) is 2.64. The Morgan fingerprint density at radius 1 is 1.08 bits per heavy atom. The van der Waals surface area contributed by atoms with E-state index >= 15 is 0 Å². The van der Waals surface area contributed by atoms with Gasteiger partial charge in [-0.05, 0) is 42.4 Å². The molecule has 1 heterocycles. The zero-order chi connectivity index (χ0) is 18.4. The molecule has 2 aromatic rings. The summed E-state index contributed by atoms with van der Waals surface area (Å²) in [4.78, 5) is 16.9. The van der Waals surface area contributed by atoms with Crippen LogP contribution in [0.2, 0.25) is 5.02 Å². The van der Waals surface area contributed by atoms with Crippen molar-refractivity contribution in [3.8, 4) is 0 Å². The highest BCUT2D eigenvalue weighted by molar-refractivity contribution is 6.32. The van der Waals surface area contributed by atoms with Crippen LogP contribution in [0.3, 0.4) is 0 Å². The number of carbonyl (C=O) groups excluding carboxylic acids is 1. The third kappa shape index (κ3) is 5.43. The van der Waals surface area contributed by atoms with Gasteiger partial charge in [0.1, 0.15) is 0 Å². The molecule has 1 saturated heterocycles. The Morgan fingerprint density at radius 3 is 2.46 bits per heavy atom. The predicted molar refractivity (Wildman–Crippen MR) is 108 cm³/mol. The lowest BCUT2D eigenvalue weighted by Crippen LogP contribution is -2.43. The highest BCUT2D eigenvalue weighted by Crippen LogP contribution is 2.17. The molecule has 26 heavy (non-hydrogen) atoms. The minimum atomic E-state index is -0.170. The topological polar surface area (TPSA) is 35.6 Å². The maximum absolute atomic E-state index is 12.1. The van der Waals surface area contributed by atoms with Gasteiger partial charge in [0.15, 0.2) is 0 Å². The molecule has 136 valence electrons. The highest BCUT2D eigenvalue weighted by atomic mass is 35.5. The van der Waals surface area contributed by atoms with Crippen LogP contribution in [0.1, 0.15) is 11.1 Å². The molecule has 0 aliphatic carbocycles. The Hall–Kier alpha value is -2.14. The third-order valence-electron chi connectivity index (χ3n) is 4.54. The van der Waals surface area contributed by atoms with Gasteiger partial charge in [0.25, 0.3) is 0 Å². The van der Waals surface area contributed by atoms with E-state index in [2.05, 4.69) is 34.3 Å². The quantitative estimate of drug-likeness (QED) is 0.815. The van der Waals surface area contributed by atoms with Crippen molar-refractivity contribution in [2.75, 3.05) is 38.5 Å². The van der Waals surface area contributed by atoms with Gasteiger partial charge in [0.2, 0.25) is 5.91 Å². The van der Waals surface area contributed by atoms with Crippen molar-refractivity contribution in [3.63, 3.8) is 0 Å². The molecule has 0 atom stereocenters. The van der Waals surface area contributed by atoms with Crippen molar-refractivity contribution in [1.82, 2.24) is 9.80 Å². The second-order valence-corrected chi connectivity index (χ2v) is 7.03. The van der Waals surface area contributed by atoms with Gasteiger partial charge in [-0.2, -0.15) is 0 Å². The van der Waals surface area contributed by atoms with Crippen LogP contribution in [-0.2, 0) is 11.3 Å². The lowest BCUT2D eigenvalue weighted by atomic mass is 10.1. The molecule has 0 spiro atoms. The predicted octanol–water partition coefficient (Wildman–Crippen LogP) is 3.74. The summed E-state index contributed by atoms with van der Waals surface area (Å²) in [7, 11) is 2.16. The standard InChI is InChI=1S/C21H24ClN3O/c1-24-12-14-25(15-13-24)16-17-6-9-19(10-7-17)23-21(26)11-8-18-4-2-3-5-20(18)22/h2-11H,12-16H2,1H3,(H,23,26)/b11-8+. The lowest BCUT2D eigenvalue weighted by molar-refractivity contribution is -0.111. The number of amides is 1. The summed E-state index contributed by atoms with van der Waals surface area (Å²) in [5.41, 5.74) is 2.88. The van der Waals surface area contributed by atoms with Crippen molar-refractivity contribution in [3.05, 3.63) is 70.8 Å². The van der Waals surface area contributed by atoms with Crippen LogP contribution in [0.15, 0.2) is 54.6 Å². The Kier molecular flexibility index (Phi) is 6.45. The Morgan fingerprint density at radius 2 is 1.77 bits per heavy atom. The van der Waals surface area contributed by atoms with Crippen LogP contribution in [0, 0.1) is 0 Å². The fourth-order valence-electron chi connectivity index (χ4n) is 2.92. The Balaban J connectivity index is 1.52. The van der Waals surface area contributed by atoms with E-state index in [1.807, 2.05) is 30.3 Å². The van der Waals surface area contributed by atoms with Crippen molar-refractivity contribution in [1.29, 1.82) is 0 Å². The van der Waals surface area contributed by atoms with Crippen molar-refractivity contribution in [2.24, 2.45) is 0 Å². The summed E-state index contributed by atoms with van der Waals surface area (Å²) in [6.45, 7) is 5.38. The number of likely N-dealkylation sites (N-methyl/N-ethyl adjacent to an activating group) is 1. The Labute approximate surface area is 160 Å². The number of anilines is 1. The molecule has 1 aliphatic rings. The number of nitrogens with zero attached hydrogens (tertiary/aromatic N) is 2. The summed E-state index contributed by atoms with van der Waals surface area (Å²) in [5, 5.41) is 3.51. The maximum atomic E-state index is 12.1. The second kappa shape index (κ2) is 8.99. The summed E-state index contributed by atoms with van der Waals surface area (Å²) in [6.07, 6.45) is 3.22. The average molecular weight is 370 g/mol. The van der Waals surface area contributed by atoms with E-state index < -0.39 is 0 Å². The monoisotopic (exact) mass is 369 g/mol. The highest BCUT2D eigenvalue weighted by Gasteiger charge is 2.13. The van der Waals surface area contributed by atoms with Crippen LogP contribution in [0.5, 0.6) is 0 Å². The molecule has 4 nitrogen and oxygen atoms in total. The normalized spacial score (nSPS) is 16.1. The summed E-state index contributed by atoms with van der Waals surface area (Å²) in [5.74, 6) is -0.170.